The van der Waals surface area contributed by atoms with Crippen molar-refractivity contribution in [2.24, 2.45) is 52.3 Å². The fourth-order valence-corrected chi connectivity index (χ4v) is 8.84. The number of fused-ring (bicyclic) bond motifs is 3. The fourth-order valence-electron chi connectivity index (χ4n) is 8.84. The van der Waals surface area contributed by atoms with Gasteiger partial charge in [0.2, 0.25) is 0 Å². The van der Waals surface area contributed by atoms with E-state index in [1.807, 2.05) is 0 Å². The van der Waals surface area contributed by atoms with Gasteiger partial charge in [-0.1, -0.05) is 53.9 Å². The van der Waals surface area contributed by atoms with E-state index in [0.29, 0.717) is 30.1 Å². The zero-order chi connectivity index (χ0) is 24.4. The molecule has 0 aromatic heterocycles. The second kappa shape index (κ2) is 10.7. The lowest BCUT2D eigenvalue weighted by molar-refractivity contribution is -0.159. The van der Waals surface area contributed by atoms with Crippen molar-refractivity contribution in [3.05, 3.63) is 0 Å². The van der Waals surface area contributed by atoms with E-state index < -0.39 is 0 Å². The highest BCUT2D eigenvalue weighted by atomic mass is 16.5. The molecule has 6 unspecified atom stereocenters. The van der Waals surface area contributed by atoms with Gasteiger partial charge in [-0.05, 0) is 90.8 Å². The van der Waals surface area contributed by atoms with E-state index >= 15 is 0 Å². The van der Waals surface area contributed by atoms with E-state index in [2.05, 4.69) is 34.6 Å². The average molecular weight is 463 g/mol. The molecule has 0 radical (unpaired) electrons. The molecule has 0 bridgehead atoms. The normalized spacial score (nSPS) is 39.0. The summed E-state index contributed by atoms with van der Waals surface area (Å²) in [5.74, 6) is 4.26. The first kappa shape index (κ1) is 26.5. The Hall–Kier alpha value is -1.06. The summed E-state index contributed by atoms with van der Waals surface area (Å²) in [4.78, 5) is 24.7. The lowest BCUT2D eigenvalue weighted by Crippen LogP contribution is -2.53. The van der Waals surface area contributed by atoms with Crippen molar-refractivity contribution in [2.45, 2.75) is 105 Å². The van der Waals surface area contributed by atoms with Crippen molar-refractivity contribution in [1.82, 2.24) is 0 Å². The number of methoxy groups -OCH3 is 2. The van der Waals surface area contributed by atoms with Crippen molar-refractivity contribution in [3.8, 4) is 0 Å². The molecule has 0 aromatic carbocycles. The number of hydrogen-bond donors (Lipinski definition) is 0. The summed E-state index contributed by atoms with van der Waals surface area (Å²) in [5.41, 5.74) is 0.242. The SMILES string of the molecule is COC(=O)C[C@@H]1CCC2C3CCC([C@H](C)CCCC(C)C)C3(C)CCC2C1(C)CC(=O)OC. The molecule has 3 fully saturated rings. The number of hydrogen-bond acceptors (Lipinski definition) is 4. The van der Waals surface area contributed by atoms with Crippen molar-refractivity contribution < 1.29 is 19.1 Å². The second-order valence-electron chi connectivity index (χ2n) is 12.7. The minimum atomic E-state index is -0.188. The third kappa shape index (κ3) is 5.30. The third-order valence-corrected chi connectivity index (χ3v) is 10.7. The van der Waals surface area contributed by atoms with Crippen LogP contribution in [-0.2, 0) is 19.1 Å². The Kier molecular flexibility index (Phi) is 8.60. The summed E-state index contributed by atoms with van der Waals surface area (Å²) in [6, 6.07) is 0. The maximum Gasteiger partial charge on any atom is 0.306 e. The number of carbonyl (C=O) groups excluding carboxylic acids is 2. The van der Waals surface area contributed by atoms with Gasteiger partial charge in [-0.3, -0.25) is 9.59 Å². The average Bonchev–Trinajstić information content (AvgIpc) is 3.12. The van der Waals surface area contributed by atoms with Gasteiger partial charge in [0.15, 0.2) is 0 Å². The van der Waals surface area contributed by atoms with Crippen LogP contribution in [0, 0.1) is 52.3 Å². The summed E-state index contributed by atoms with van der Waals surface area (Å²) in [5, 5.41) is 0. The number of esters is 2. The minimum absolute atomic E-state index is 0.135. The Morgan fingerprint density at radius 2 is 1.58 bits per heavy atom. The molecule has 8 atom stereocenters. The molecule has 0 spiro atoms. The van der Waals surface area contributed by atoms with E-state index in [9.17, 15) is 9.59 Å². The lowest BCUT2D eigenvalue weighted by Gasteiger charge is -2.59. The Balaban J connectivity index is 1.79. The fraction of sp³-hybridized carbons (Fsp3) is 0.931. The summed E-state index contributed by atoms with van der Waals surface area (Å²) in [6.07, 6.45) is 12.3. The highest BCUT2D eigenvalue weighted by molar-refractivity contribution is 5.71. The molecular formula is C29H50O4. The van der Waals surface area contributed by atoms with Gasteiger partial charge in [0, 0.05) is 6.42 Å². The molecule has 33 heavy (non-hydrogen) atoms. The first-order valence-electron chi connectivity index (χ1n) is 13.7. The largest absolute Gasteiger partial charge is 0.469 e. The Labute approximate surface area is 202 Å². The van der Waals surface area contributed by atoms with Crippen LogP contribution in [0.2, 0.25) is 0 Å². The highest BCUT2D eigenvalue weighted by Crippen LogP contribution is 2.67. The van der Waals surface area contributed by atoms with Gasteiger partial charge in [0.25, 0.3) is 0 Å². The molecule has 0 saturated heterocycles. The number of carbonyl (C=O) groups is 2. The molecule has 0 amide bonds. The predicted octanol–water partition coefficient (Wildman–Crippen LogP) is 7.05. The van der Waals surface area contributed by atoms with Crippen LogP contribution in [0.4, 0.5) is 0 Å². The maximum absolute atomic E-state index is 12.5. The summed E-state index contributed by atoms with van der Waals surface area (Å²) in [7, 11) is 2.96. The van der Waals surface area contributed by atoms with Crippen molar-refractivity contribution in [2.75, 3.05) is 14.2 Å². The summed E-state index contributed by atoms with van der Waals surface area (Å²) in [6.45, 7) is 12.1. The number of rotatable bonds is 9. The molecule has 4 heteroatoms. The molecule has 0 aliphatic heterocycles. The lowest BCUT2D eigenvalue weighted by atomic mass is 9.45. The zero-order valence-electron chi connectivity index (χ0n) is 22.5. The molecule has 0 heterocycles. The van der Waals surface area contributed by atoms with Crippen molar-refractivity contribution >= 4 is 11.9 Å². The van der Waals surface area contributed by atoms with E-state index in [0.717, 1.165) is 30.1 Å². The quantitative estimate of drug-likeness (QED) is 0.344. The number of ether oxygens (including phenoxy) is 2. The molecule has 3 rings (SSSR count). The van der Waals surface area contributed by atoms with Gasteiger partial charge in [0.05, 0.1) is 20.6 Å². The molecule has 3 aliphatic carbocycles. The Bertz CT molecular complexity index is 687. The van der Waals surface area contributed by atoms with Crippen molar-refractivity contribution in [3.63, 3.8) is 0 Å². The maximum atomic E-state index is 12.5. The third-order valence-electron chi connectivity index (χ3n) is 10.7. The monoisotopic (exact) mass is 462 g/mol. The van der Waals surface area contributed by atoms with E-state index in [-0.39, 0.29) is 23.3 Å². The van der Waals surface area contributed by atoms with Crippen LogP contribution in [0.15, 0.2) is 0 Å². The van der Waals surface area contributed by atoms with E-state index in [1.165, 1.54) is 65.6 Å². The van der Waals surface area contributed by atoms with Crippen LogP contribution >= 0.6 is 0 Å². The topological polar surface area (TPSA) is 52.6 Å². The van der Waals surface area contributed by atoms with Crippen LogP contribution in [0.5, 0.6) is 0 Å². The first-order chi connectivity index (χ1) is 15.6. The van der Waals surface area contributed by atoms with Crippen LogP contribution < -0.4 is 0 Å². The van der Waals surface area contributed by atoms with Gasteiger partial charge in [-0.2, -0.15) is 0 Å². The second-order valence-corrected chi connectivity index (χ2v) is 12.7. The van der Waals surface area contributed by atoms with Gasteiger partial charge in [0.1, 0.15) is 0 Å². The van der Waals surface area contributed by atoms with Gasteiger partial charge >= 0.3 is 11.9 Å². The van der Waals surface area contributed by atoms with Crippen LogP contribution in [0.1, 0.15) is 105 Å². The Morgan fingerprint density at radius 1 is 0.879 bits per heavy atom. The Morgan fingerprint density at radius 3 is 2.21 bits per heavy atom. The summed E-state index contributed by atoms with van der Waals surface area (Å²) < 4.78 is 10.2. The predicted molar refractivity (Wildman–Crippen MR) is 132 cm³/mol. The van der Waals surface area contributed by atoms with E-state index in [4.69, 9.17) is 9.47 Å². The molecule has 0 aromatic rings. The van der Waals surface area contributed by atoms with Crippen LogP contribution in [-0.4, -0.2) is 26.2 Å². The van der Waals surface area contributed by atoms with Gasteiger partial charge in [-0.25, -0.2) is 0 Å². The molecule has 3 aliphatic rings. The van der Waals surface area contributed by atoms with Gasteiger partial charge < -0.3 is 9.47 Å². The minimum Gasteiger partial charge on any atom is -0.469 e. The van der Waals surface area contributed by atoms with E-state index in [1.54, 1.807) is 0 Å². The van der Waals surface area contributed by atoms with Crippen LogP contribution in [0.3, 0.4) is 0 Å². The molecule has 0 N–H and O–H groups in total. The smallest absolute Gasteiger partial charge is 0.306 e. The molecule has 4 nitrogen and oxygen atoms in total. The standard InChI is InChI=1S/C29H50O4/c1-19(2)9-8-10-20(3)23-13-14-24-22-12-11-21(17-26(30)32-6)29(5,18-27(31)33-7)25(22)15-16-28(23,24)4/h19-25H,8-18H2,1-7H3/t20-,21+,22?,23?,24?,25?,28?,29?/m1/s1. The van der Waals surface area contributed by atoms with Crippen LogP contribution in [0.25, 0.3) is 0 Å². The molecule has 3 saturated carbocycles. The first-order valence-corrected chi connectivity index (χ1v) is 13.7. The zero-order valence-corrected chi connectivity index (χ0v) is 22.5. The van der Waals surface area contributed by atoms with Gasteiger partial charge in [-0.15, -0.1) is 0 Å². The highest BCUT2D eigenvalue weighted by Gasteiger charge is 2.60. The molecular weight excluding hydrogens is 412 g/mol. The molecule has 190 valence electrons. The van der Waals surface area contributed by atoms with Crippen molar-refractivity contribution in [1.29, 1.82) is 0 Å². The summed E-state index contributed by atoms with van der Waals surface area (Å²) >= 11 is 0.